The Morgan fingerprint density at radius 2 is 1.83 bits per heavy atom. The molecule has 0 amide bonds. The molecule has 0 spiro atoms. The highest BCUT2D eigenvalue weighted by Gasteiger charge is 2.40. The van der Waals surface area contributed by atoms with Crippen molar-refractivity contribution in [2.24, 2.45) is 0 Å². The van der Waals surface area contributed by atoms with Crippen LogP contribution in [0.25, 0.3) is 11.0 Å². The minimum Gasteiger partial charge on any atom is -0.490 e. The zero-order valence-electron chi connectivity index (χ0n) is 15.1. The maximum absolute atomic E-state index is 13.6. The smallest absolute Gasteiger partial charge is 0.453 e. The third-order valence-electron chi connectivity index (χ3n) is 3.74. The van der Waals surface area contributed by atoms with Gasteiger partial charge in [0.15, 0.2) is 18.1 Å². The molecule has 0 aliphatic heterocycles. The molecule has 0 N–H and O–H groups in total. The Labute approximate surface area is 162 Å². The van der Waals surface area contributed by atoms with Crippen molar-refractivity contribution in [2.75, 3.05) is 13.2 Å². The highest BCUT2D eigenvalue weighted by molar-refractivity contribution is 5.79. The Kier molecular flexibility index (Phi) is 5.64. The first kappa shape index (κ1) is 20.1. The van der Waals surface area contributed by atoms with Gasteiger partial charge >= 0.3 is 6.18 Å². The summed E-state index contributed by atoms with van der Waals surface area (Å²) in [7, 11) is 0. The van der Waals surface area contributed by atoms with E-state index in [-0.39, 0.29) is 41.4 Å². The van der Waals surface area contributed by atoms with Gasteiger partial charge in [0, 0.05) is 6.07 Å². The predicted molar refractivity (Wildman–Crippen MR) is 96.3 cm³/mol. The molecule has 3 rings (SSSR count). The molecular formula is C20H14F3NO5. The lowest BCUT2D eigenvalue weighted by atomic mass is 10.2. The Morgan fingerprint density at radius 1 is 1.10 bits per heavy atom. The lowest BCUT2D eigenvalue weighted by Crippen LogP contribution is -2.15. The van der Waals surface area contributed by atoms with Gasteiger partial charge in [-0.15, -0.1) is 0 Å². The van der Waals surface area contributed by atoms with E-state index in [0.29, 0.717) is 0 Å². The normalized spacial score (nSPS) is 11.1. The highest BCUT2D eigenvalue weighted by atomic mass is 19.4. The van der Waals surface area contributed by atoms with E-state index in [4.69, 9.17) is 23.9 Å². The van der Waals surface area contributed by atoms with Gasteiger partial charge in [0.1, 0.15) is 17.4 Å². The van der Waals surface area contributed by atoms with Crippen molar-refractivity contribution in [3.8, 4) is 29.1 Å². The highest BCUT2D eigenvalue weighted by Crippen LogP contribution is 2.40. The maximum atomic E-state index is 13.6. The van der Waals surface area contributed by atoms with Gasteiger partial charge in [-0.25, -0.2) is 0 Å². The summed E-state index contributed by atoms with van der Waals surface area (Å²) in [6.07, 6.45) is -4.99. The van der Waals surface area contributed by atoms with Crippen LogP contribution in [-0.4, -0.2) is 13.2 Å². The molecule has 6 nitrogen and oxygen atoms in total. The molecule has 0 fully saturated rings. The molecule has 0 atom stereocenters. The summed E-state index contributed by atoms with van der Waals surface area (Å²) in [6.45, 7) is 1.65. The Morgan fingerprint density at radius 3 is 2.48 bits per heavy atom. The van der Waals surface area contributed by atoms with E-state index >= 15 is 0 Å². The van der Waals surface area contributed by atoms with Crippen LogP contribution in [0.4, 0.5) is 13.2 Å². The van der Waals surface area contributed by atoms with Crippen LogP contribution in [0.15, 0.2) is 51.7 Å². The SMILES string of the molecule is CCOc1ccccc1Oc1c(C(F)(F)F)oc2cc(OCC#N)ccc2c1=O. The number of hydrogen-bond donors (Lipinski definition) is 0. The molecule has 0 radical (unpaired) electrons. The number of fused-ring (bicyclic) bond motifs is 1. The lowest BCUT2D eigenvalue weighted by molar-refractivity contribution is -0.154. The second kappa shape index (κ2) is 8.14. The Hall–Kier alpha value is -3.67. The number of nitrogens with zero attached hydrogens (tertiary/aromatic N) is 1. The fourth-order valence-corrected chi connectivity index (χ4v) is 2.56. The van der Waals surface area contributed by atoms with Gasteiger partial charge in [-0.05, 0) is 31.2 Å². The number of benzene rings is 2. The van der Waals surface area contributed by atoms with Gasteiger partial charge in [0.2, 0.25) is 11.2 Å². The summed E-state index contributed by atoms with van der Waals surface area (Å²) < 4.78 is 61.5. The van der Waals surface area contributed by atoms with Gasteiger partial charge in [-0.2, -0.15) is 18.4 Å². The first-order valence-corrected chi connectivity index (χ1v) is 8.42. The molecule has 3 aromatic rings. The van der Waals surface area contributed by atoms with E-state index in [9.17, 15) is 18.0 Å². The third kappa shape index (κ3) is 4.27. The molecule has 1 aromatic heterocycles. The van der Waals surface area contributed by atoms with E-state index in [1.807, 2.05) is 0 Å². The summed E-state index contributed by atoms with van der Waals surface area (Å²) in [4.78, 5) is 12.8. The number of para-hydroxylation sites is 2. The summed E-state index contributed by atoms with van der Waals surface area (Å²) in [5, 5.41) is 8.42. The number of halogens is 3. The molecule has 0 bridgehead atoms. The summed E-state index contributed by atoms with van der Waals surface area (Å²) in [6, 6.07) is 11.5. The number of hydrogen-bond acceptors (Lipinski definition) is 6. The average Bonchev–Trinajstić information content (AvgIpc) is 2.69. The van der Waals surface area contributed by atoms with Crippen molar-refractivity contribution in [1.29, 1.82) is 5.26 Å². The van der Waals surface area contributed by atoms with Gasteiger partial charge in [0.05, 0.1) is 12.0 Å². The largest absolute Gasteiger partial charge is 0.490 e. The van der Waals surface area contributed by atoms with Crippen molar-refractivity contribution >= 4 is 11.0 Å². The minimum absolute atomic E-state index is 0.0551. The number of ether oxygens (including phenoxy) is 3. The van der Waals surface area contributed by atoms with Crippen molar-refractivity contribution in [3.63, 3.8) is 0 Å². The molecule has 0 aliphatic carbocycles. The number of rotatable bonds is 6. The Balaban J connectivity index is 2.17. The molecular weight excluding hydrogens is 391 g/mol. The van der Waals surface area contributed by atoms with E-state index in [1.54, 1.807) is 19.1 Å². The molecule has 29 heavy (non-hydrogen) atoms. The van der Waals surface area contributed by atoms with Crippen LogP contribution in [-0.2, 0) is 6.18 Å². The van der Waals surface area contributed by atoms with E-state index in [2.05, 4.69) is 0 Å². The van der Waals surface area contributed by atoms with Crippen LogP contribution in [0.5, 0.6) is 23.0 Å². The first-order chi connectivity index (χ1) is 13.8. The van der Waals surface area contributed by atoms with E-state index in [1.165, 1.54) is 30.3 Å². The first-order valence-electron chi connectivity index (χ1n) is 8.42. The van der Waals surface area contributed by atoms with Crippen LogP contribution in [0.2, 0.25) is 0 Å². The van der Waals surface area contributed by atoms with Crippen LogP contribution in [0.3, 0.4) is 0 Å². The monoisotopic (exact) mass is 405 g/mol. The second-order valence-electron chi connectivity index (χ2n) is 5.67. The van der Waals surface area contributed by atoms with E-state index in [0.717, 1.165) is 6.07 Å². The fraction of sp³-hybridized carbons (Fsp3) is 0.200. The Bertz CT molecular complexity index is 1130. The number of nitriles is 1. The zero-order valence-corrected chi connectivity index (χ0v) is 15.1. The van der Waals surface area contributed by atoms with Crippen molar-refractivity contribution in [1.82, 2.24) is 0 Å². The van der Waals surface area contributed by atoms with Gasteiger partial charge < -0.3 is 18.6 Å². The van der Waals surface area contributed by atoms with Crippen LogP contribution >= 0.6 is 0 Å². The summed E-state index contributed by atoms with van der Waals surface area (Å²) in [5.74, 6) is -2.37. The quantitative estimate of drug-likeness (QED) is 0.580. The minimum atomic E-state index is -4.99. The van der Waals surface area contributed by atoms with E-state index < -0.39 is 23.1 Å². The lowest BCUT2D eigenvalue weighted by Gasteiger charge is -2.15. The topological polar surface area (TPSA) is 81.7 Å². The molecule has 0 saturated carbocycles. The standard InChI is InChI=1S/C20H14F3NO5/c1-2-26-14-5-3-4-6-15(14)28-18-17(25)13-8-7-12(27-10-9-24)11-16(13)29-19(18)20(21,22)23/h3-8,11H,2,10H2,1H3. The van der Waals surface area contributed by atoms with Crippen LogP contribution in [0.1, 0.15) is 12.7 Å². The van der Waals surface area contributed by atoms with Gasteiger partial charge in [-0.3, -0.25) is 4.79 Å². The number of alkyl halides is 3. The summed E-state index contributed by atoms with van der Waals surface area (Å²) in [5.41, 5.74) is -1.35. The maximum Gasteiger partial charge on any atom is 0.453 e. The van der Waals surface area contributed by atoms with Crippen LogP contribution < -0.4 is 19.6 Å². The van der Waals surface area contributed by atoms with Crippen molar-refractivity contribution in [3.05, 3.63) is 58.4 Å². The summed E-state index contributed by atoms with van der Waals surface area (Å²) >= 11 is 0. The van der Waals surface area contributed by atoms with Gasteiger partial charge in [-0.1, -0.05) is 12.1 Å². The molecule has 0 aliphatic rings. The predicted octanol–water partition coefficient (Wildman–Crippen LogP) is 4.91. The molecule has 0 saturated heterocycles. The van der Waals surface area contributed by atoms with Crippen molar-refractivity contribution < 1.29 is 31.8 Å². The second-order valence-corrected chi connectivity index (χ2v) is 5.67. The molecule has 2 aromatic carbocycles. The molecule has 9 heteroatoms. The molecule has 1 heterocycles. The molecule has 0 unspecified atom stereocenters. The van der Waals surface area contributed by atoms with Crippen LogP contribution in [0, 0.1) is 11.3 Å². The third-order valence-corrected chi connectivity index (χ3v) is 3.74. The average molecular weight is 405 g/mol. The fourth-order valence-electron chi connectivity index (χ4n) is 2.56. The van der Waals surface area contributed by atoms with Gasteiger partial charge in [0.25, 0.3) is 5.76 Å². The van der Waals surface area contributed by atoms with Crippen molar-refractivity contribution in [2.45, 2.75) is 13.1 Å². The zero-order chi connectivity index (χ0) is 21.0. The molecule has 150 valence electrons.